The molecule has 3 aliphatic rings. The van der Waals surface area contributed by atoms with Crippen molar-refractivity contribution in [3.8, 4) is 22.8 Å². The number of thioether (sulfide) groups is 1. The first-order valence-electron chi connectivity index (χ1n) is 16.9. The fourth-order valence-electron chi connectivity index (χ4n) is 7.16. The van der Waals surface area contributed by atoms with Crippen LogP contribution in [0.4, 0.5) is 4.39 Å². The Bertz CT molecular complexity index is 1480. The smallest absolute Gasteiger partial charge is 0.257 e. The molecule has 1 aliphatic carbocycles. The summed E-state index contributed by atoms with van der Waals surface area (Å²) in [6.07, 6.45) is 5.12. The zero-order valence-corrected chi connectivity index (χ0v) is 28.3. The van der Waals surface area contributed by atoms with Gasteiger partial charge in [0.15, 0.2) is 0 Å². The Balaban J connectivity index is 1.24. The molecule has 3 heterocycles. The Morgan fingerprint density at radius 1 is 0.978 bits per heavy atom. The molecule has 1 amide bonds. The number of amides is 1. The molecule has 1 aromatic heterocycles. The summed E-state index contributed by atoms with van der Waals surface area (Å²) in [5, 5.41) is 6.73. The molecule has 1 saturated carbocycles. The zero-order valence-electron chi connectivity index (χ0n) is 27.4. The van der Waals surface area contributed by atoms with Gasteiger partial charge in [0.2, 0.25) is 5.88 Å². The number of nitrogens with zero attached hydrogens (tertiary/aromatic N) is 3. The van der Waals surface area contributed by atoms with E-state index in [2.05, 4.69) is 70.5 Å². The molecule has 2 atom stereocenters. The highest BCUT2D eigenvalue weighted by molar-refractivity contribution is 7.99. The van der Waals surface area contributed by atoms with Crippen LogP contribution >= 0.6 is 11.8 Å². The zero-order chi connectivity index (χ0) is 32.0. The highest BCUT2D eigenvalue weighted by Gasteiger charge is 2.24. The predicted octanol–water partition coefficient (Wildman–Crippen LogP) is 6.72. The third-order valence-corrected chi connectivity index (χ3v) is 10.4. The number of rotatable bonds is 9. The lowest BCUT2D eigenvalue weighted by atomic mass is 9.87. The highest BCUT2D eigenvalue weighted by atomic mass is 32.2. The van der Waals surface area contributed by atoms with Gasteiger partial charge in [-0.15, -0.1) is 0 Å². The lowest BCUT2D eigenvalue weighted by Gasteiger charge is -2.36. The van der Waals surface area contributed by atoms with Crippen molar-refractivity contribution in [2.75, 3.05) is 37.7 Å². The molecule has 0 bridgehead atoms. The summed E-state index contributed by atoms with van der Waals surface area (Å²) in [6, 6.07) is 17.1. The summed E-state index contributed by atoms with van der Waals surface area (Å²) in [7, 11) is 0. The second kappa shape index (κ2) is 15.3. The van der Waals surface area contributed by atoms with Gasteiger partial charge in [-0.3, -0.25) is 14.6 Å². The predicted molar refractivity (Wildman–Crippen MR) is 185 cm³/mol. The van der Waals surface area contributed by atoms with Crippen LogP contribution in [0.25, 0.3) is 11.1 Å². The molecule has 2 aliphatic heterocycles. The first-order valence-corrected chi connectivity index (χ1v) is 18.1. The van der Waals surface area contributed by atoms with Crippen molar-refractivity contribution >= 4 is 17.7 Å². The van der Waals surface area contributed by atoms with Crippen LogP contribution in [-0.2, 0) is 13.1 Å². The third-order valence-electron chi connectivity index (χ3n) is 9.48. The van der Waals surface area contributed by atoms with Crippen LogP contribution in [0.1, 0.15) is 67.9 Å². The number of ether oxygens (including phenoxy) is 1. The number of carbonyl (C=O) groups is 1. The van der Waals surface area contributed by atoms with E-state index in [4.69, 9.17) is 4.74 Å². The first kappa shape index (κ1) is 32.9. The topological polar surface area (TPSA) is 69.7 Å². The van der Waals surface area contributed by atoms with Crippen LogP contribution in [-0.4, -0.2) is 76.5 Å². The van der Waals surface area contributed by atoms with E-state index >= 15 is 0 Å². The molecule has 0 radical (unpaired) electrons. The maximum atomic E-state index is 14.3. The van der Waals surface area contributed by atoms with Crippen LogP contribution in [0.15, 0.2) is 54.7 Å². The fourth-order valence-corrected chi connectivity index (χ4v) is 8.14. The van der Waals surface area contributed by atoms with Gasteiger partial charge in [-0.25, -0.2) is 9.37 Å². The summed E-state index contributed by atoms with van der Waals surface area (Å²) in [6.45, 7) is 12.9. The van der Waals surface area contributed by atoms with Crippen molar-refractivity contribution in [2.45, 2.75) is 77.7 Å². The van der Waals surface area contributed by atoms with E-state index in [0.717, 1.165) is 88.2 Å². The van der Waals surface area contributed by atoms with Gasteiger partial charge >= 0.3 is 0 Å². The molecule has 6 rings (SSSR count). The maximum absolute atomic E-state index is 14.3. The van der Waals surface area contributed by atoms with E-state index in [-0.39, 0.29) is 23.4 Å². The van der Waals surface area contributed by atoms with Crippen LogP contribution in [0.3, 0.4) is 0 Å². The lowest BCUT2D eigenvalue weighted by molar-refractivity contribution is 0.0919. The molecule has 46 heavy (non-hydrogen) atoms. The van der Waals surface area contributed by atoms with Gasteiger partial charge < -0.3 is 15.4 Å². The second-order valence-electron chi connectivity index (χ2n) is 13.6. The number of aromatic nitrogens is 1. The molecule has 3 aromatic rings. The highest BCUT2D eigenvalue weighted by Crippen LogP contribution is 2.33. The SMILES string of the molecule is CC1CCC(NC(=O)c2cc(F)cnc2Oc2cccc(-c3ccc(CN4CC(C)NC(C)C4)cc3CN3CCSCC3)c2)CC1. The van der Waals surface area contributed by atoms with Crippen LogP contribution in [0.2, 0.25) is 0 Å². The monoisotopic (exact) mass is 645 g/mol. The molecule has 2 saturated heterocycles. The summed E-state index contributed by atoms with van der Waals surface area (Å²) >= 11 is 2.02. The average Bonchev–Trinajstić information content (AvgIpc) is 3.03. The Morgan fingerprint density at radius 2 is 1.74 bits per heavy atom. The van der Waals surface area contributed by atoms with Gasteiger partial charge in [0.25, 0.3) is 5.91 Å². The Kier molecular flexibility index (Phi) is 10.9. The number of piperazine rings is 1. The minimum Gasteiger partial charge on any atom is -0.438 e. The van der Waals surface area contributed by atoms with Crippen molar-refractivity contribution in [1.82, 2.24) is 25.4 Å². The number of nitrogens with one attached hydrogen (secondary N) is 2. The van der Waals surface area contributed by atoms with Gasteiger partial charge in [-0.05, 0) is 85.9 Å². The molecular formula is C37H48FN5O2S. The minimum atomic E-state index is -0.561. The van der Waals surface area contributed by atoms with E-state index in [0.29, 0.717) is 23.8 Å². The molecule has 2 aromatic carbocycles. The third kappa shape index (κ3) is 8.68. The summed E-state index contributed by atoms with van der Waals surface area (Å²) in [5.74, 6) is 2.76. The largest absolute Gasteiger partial charge is 0.438 e. The number of carbonyl (C=O) groups excluding carboxylic acids is 1. The molecular weight excluding hydrogens is 598 g/mol. The molecule has 2 unspecified atom stereocenters. The van der Waals surface area contributed by atoms with Crippen LogP contribution in [0.5, 0.6) is 11.6 Å². The van der Waals surface area contributed by atoms with E-state index < -0.39 is 5.82 Å². The number of hydrogen-bond acceptors (Lipinski definition) is 7. The van der Waals surface area contributed by atoms with E-state index in [1.807, 2.05) is 30.0 Å². The number of pyridine rings is 1. The molecule has 9 heteroatoms. The lowest BCUT2D eigenvalue weighted by Crippen LogP contribution is -2.53. The number of benzene rings is 2. The molecule has 246 valence electrons. The van der Waals surface area contributed by atoms with E-state index in [1.165, 1.54) is 22.8 Å². The Hall–Kier alpha value is -2.98. The van der Waals surface area contributed by atoms with Crippen molar-refractivity contribution in [1.29, 1.82) is 0 Å². The molecule has 7 nitrogen and oxygen atoms in total. The van der Waals surface area contributed by atoms with Crippen LogP contribution in [0, 0.1) is 11.7 Å². The number of halogens is 1. The van der Waals surface area contributed by atoms with Gasteiger partial charge in [-0.1, -0.05) is 37.3 Å². The van der Waals surface area contributed by atoms with Crippen molar-refractivity contribution in [3.63, 3.8) is 0 Å². The first-order chi connectivity index (χ1) is 22.3. The number of hydrogen-bond donors (Lipinski definition) is 2. The Morgan fingerprint density at radius 3 is 2.50 bits per heavy atom. The molecule has 3 fully saturated rings. The second-order valence-corrected chi connectivity index (χ2v) is 14.8. The summed E-state index contributed by atoms with van der Waals surface area (Å²) < 4.78 is 20.5. The quantitative estimate of drug-likeness (QED) is 0.268. The van der Waals surface area contributed by atoms with Gasteiger partial charge in [-0.2, -0.15) is 11.8 Å². The van der Waals surface area contributed by atoms with E-state index in [1.54, 1.807) is 0 Å². The standard InChI is InChI=1S/C37H48FN5O2S/c1-25-7-10-32(11-8-25)41-36(44)35-19-31(38)20-39-37(35)45-33-6-4-5-29(18-33)34-12-9-28(23-43-21-26(2)40-27(3)22-43)17-30(34)24-42-13-15-46-16-14-42/h4-6,9,12,17-20,25-27,32,40H,7-8,10-11,13-16,21-24H2,1-3H3,(H,41,44). The van der Waals surface area contributed by atoms with Crippen molar-refractivity contribution in [3.05, 3.63) is 77.2 Å². The average molecular weight is 646 g/mol. The minimum absolute atomic E-state index is 0.0846. The fraction of sp³-hybridized carbons (Fsp3) is 0.514. The summed E-state index contributed by atoms with van der Waals surface area (Å²) in [4.78, 5) is 22.6. The molecule has 0 spiro atoms. The Labute approximate surface area is 277 Å². The van der Waals surface area contributed by atoms with Crippen molar-refractivity contribution in [2.24, 2.45) is 5.92 Å². The van der Waals surface area contributed by atoms with Gasteiger partial charge in [0, 0.05) is 68.9 Å². The van der Waals surface area contributed by atoms with Crippen LogP contribution < -0.4 is 15.4 Å². The van der Waals surface area contributed by atoms with Gasteiger partial charge in [0.05, 0.1) is 6.20 Å². The van der Waals surface area contributed by atoms with Gasteiger partial charge in [0.1, 0.15) is 17.1 Å². The summed E-state index contributed by atoms with van der Waals surface area (Å²) in [5.41, 5.74) is 4.97. The van der Waals surface area contributed by atoms with E-state index in [9.17, 15) is 9.18 Å². The maximum Gasteiger partial charge on any atom is 0.257 e. The molecule has 2 N–H and O–H groups in total. The normalized spacial score (nSPS) is 24.4. The van der Waals surface area contributed by atoms with Crippen molar-refractivity contribution < 1.29 is 13.9 Å².